The van der Waals surface area contributed by atoms with E-state index in [2.05, 4.69) is 29.2 Å². The maximum Gasteiger partial charge on any atom is 0.254 e. The molecule has 0 aliphatic carbocycles. The summed E-state index contributed by atoms with van der Waals surface area (Å²) < 4.78 is 28.6. The summed E-state index contributed by atoms with van der Waals surface area (Å²) in [5.41, 5.74) is 1.15. The van der Waals surface area contributed by atoms with Crippen molar-refractivity contribution >= 4 is 5.91 Å². The first-order valence-electron chi connectivity index (χ1n) is 8.37. The van der Waals surface area contributed by atoms with Gasteiger partial charge in [-0.25, -0.2) is 8.78 Å². The highest BCUT2D eigenvalue weighted by molar-refractivity contribution is 5.93. The van der Waals surface area contributed by atoms with E-state index in [4.69, 9.17) is 0 Å². The standard InChI is InChI=1S/C18H22F2N4O/c1-11(2)24-7-6-16(22-18(25)13-9-21-23(3)10-13)17(24)12-4-5-14(19)15(20)8-12/h4-5,8-11,16-17H,6-7H2,1-3H3,(H,22,25). The molecule has 2 unspecified atom stereocenters. The number of amides is 1. The third kappa shape index (κ3) is 3.56. The Morgan fingerprint density at radius 2 is 2.08 bits per heavy atom. The molecule has 0 radical (unpaired) electrons. The Labute approximate surface area is 145 Å². The highest BCUT2D eigenvalue weighted by atomic mass is 19.2. The maximum atomic E-state index is 13.7. The van der Waals surface area contributed by atoms with E-state index in [-0.39, 0.29) is 24.0 Å². The van der Waals surface area contributed by atoms with Gasteiger partial charge in [0.15, 0.2) is 11.6 Å². The van der Waals surface area contributed by atoms with Gasteiger partial charge < -0.3 is 5.32 Å². The fourth-order valence-corrected chi connectivity index (χ4v) is 3.46. The van der Waals surface area contributed by atoms with E-state index in [9.17, 15) is 13.6 Å². The Morgan fingerprint density at radius 1 is 1.32 bits per heavy atom. The summed E-state index contributed by atoms with van der Waals surface area (Å²) in [4.78, 5) is 14.7. The molecule has 1 aliphatic rings. The van der Waals surface area contributed by atoms with E-state index in [1.165, 1.54) is 12.3 Å². The zero-order chi connectivity index (χ0) is 18.1. The zero-order valence-electron chi connectivity index (χ0n) is 14.5. The summed E-state index contributed by atoms with van der Waals surface area (Å²) in [6.45, 7) is 4.88. The van der Waals surface area contributed by atoms with Crippen LogP contribution in [0.25, 0.3) is 0 Å². The first kappa shape index (κ1) is 17.5. The fraction of sp³-hybridized carbons (Fsp3) is 0.444. The van der Waals surface area contributed by atoms with Gasteiger partial charge in [0.1, 0.15) is 0 Å². The van der Waals surface area contributed by atoms with Crippen LogP contribution in [-0.2, 0) is 7.05 Å². The van der Waals surface area contributed by atoms with Gasteiger partial charge in [-0.3, -0.25) is 14.4 Å². The smallest absolute Gasteiger partial charge is 0.254 e. The largest absolute Gasteiger partial charge is 0.347 e. The lowest BCUT2D eigenvalue weighted by molar-refractivity contribution is 0.0919. The first-order valence-corrected chi connectivity index (χ1v) is 8.37. The van der Waals surface area contributed by atoms with E-state index >= 15 is 0 Å². The first-order chi connectivity index (χ1) is 11.9. The molecule has 25 heavy (non-hydrogen) atoms. The minimum atomic E-state index is -0.870. The summed E-state index contributed by atoms with van der Waals surface area (Å²) in [5, 5.41) is 7.03. The number of likely N-dealkylation sites (tertiary alicyclic amines) is 1. The number of nitrogens with zero attached hydrogens (tertiary/aromatic N) is 3. The van der Waals surface area contributed by atoms with Crippen molar-refractivity contribution in [2.45, 2.75) is 38.4 Å². The molecule has 2 atom stereocenters. The van der Waals surface area contributed by atoms with Crippen molar-refractivity contribution in [3.63, 3.8) is 0 Å². The van der Waals surface area contributed by atoms with Crippen LogP contribution < -0.4 is 5.32 Å². The number of carbonyl (C=O) groups excluding carboxylic acids is 1. The average molecular weight is 348 g/mol. The van der Waals surface area contributed by atoms with Crippen LogP contribution in [0.15, 0.2) is 30.6 Å². The lowest BCUT2D eigenvalue weighted by Gasteiger charge is -2.32. The molecule has 1 aliphatic heterocycles. The minimum Gasteiger partial charge on any atom is -0.347 e. The Hall–Kier alpha value is -2.28. The number of aromatic nitrogens is 2. The maximum absolute atomic E-state index is 13.7. The molecule has 1 amide bonds. The van der Waals surface area contributed by atoms with Gasteiger partial charge in [0.2, 0.25) is 0 Å². The number of hydrogen-bond acceptors (Lipinski definition) is 3. The Balaban J connectivity index is 1.86. The van der Waals surface area contributed by atoms with Crippen LogP contribution in [0.1, 0.15) is 42.2 Å². The van der Waals surface area contributed by atoms with Crippen molar-refractivity contribution in [1.82, 2.24) is 20.0 Å². The molecule has 1 aromatic heterocycles. The van der Waals surface area contributed by atoms with Crippen molar-refractivity contribution in [2.75, 3.05) is 6.54 Å². The van der Waals surface area contributed by atoms with Crippen LogP contribution in [0.3, 0.4) is 0 Å². The number of halogens is 2. The monoisotopic (exact) mass is 348 g/mol. The SMILES string of the molecule is CC(C)N1CCC(NC(=O)c2cnn(C)c2)C1c1ccc(F)c(F)c1. The molecule has 1 saturated heterocycles. The third-order valence-corrected chi connectivity index (χ3v) is 4.67. The van der Waals surface area contributed by atoms with Crippen molar-refractivity contribution in [2.24, 2.45) is 7.05 Å². The normalized spacial score (nSPS) is 21.0. The van der Waals surface area contributed by atoms with E-state index in [0.717, 1.165) is 19.0 Å². The second-order valence-corrected chi connectivity index (χ2v) is 6.72. The topological polar surface area (TPSA) is 50.2 Å². The molecule has 5 nitrogen and oxygen atoms in total. The Bertz CT molecular complexity index is 774. The number of benzene rings is 1. The third-order valence-electron chi connectivity index (χ3n) is 4.67. The van der Waals surface area contributed by atoms with E-state index in [1.807, 2.05) is 0 Å². The van der Waals surface area contributed by atoms with Gasteiger partial charge in [-0.15, -0.1) is 0 Å². The highest BCUT2D eigenvalue weighted by Crippen LogP contribution is 2.34. The summed E-state index contributed by atoms with van der Waals surface area (Å²) >= 11 is 0. The predicted octanol–water partition coefficient (Wildman–Crippen LogP) is 2.65. The second kappa shape index (κ2) is 6.92. The number of rotatable bonds is 4. The molecule has 2 aromatic rings. The molecule has 1 aromatic carbocycles. The predicted molar refractivity (Wildman–Crippen MR) is 90.0 cm³/mol. The van der Waals surface area contributed by atoms with Crippen molar-refractivity contribution in [3.8, 4) is 0 Å². The van der Waals surface area contributed by atoms with Crippen LogP contribution >= 0.6 is 0 Å². The number of hydrogen-bond donors (Lipinski definition) is 1. The zero-order valence-corrected chi connectivity index (χ0v) is 14.5. The lowest BCUT2D eigenvalue weighted by atomic mass is 9.98. The number of nitrogens with one attached hydrogen (secondary N) is 1. The molecule has 0 saturated carbocycles. The van der Waals surface area contributed by atoms with E-state index in [0.29, 0.717) is 11.1 Å². The number of carbonyl (C=O) groups is 1. The van der Waals surface area contributed by atoms with Gasteiger partial charge in [0, 0.05) is 25.8 Å². The molecule has 0 spiro atoms. The van der Waals surface area contributed by atoms with Crippen LogP contribution in [0.2, 0.25) is 0 Å². The molecule has 3 rings (SSSR count). The molecule has 1 N–H and O–H groups in total. The van der Waals surface area contributed by atoms with Gasteiger partial charge in [-0.2, -0.15) is 5.10 Å². The van der Waals surface area contributed by atoms with E-state index < -0.39 is 11.6 Å². The fourth-order valence-electron chi connectivity index (χ4n) is 3.46. The van der Waals surface area contributed by atoms with Crippen LogP contribution in [-0.4, -0.2) is 39.2 Å². The van der Waals surface area contributed by atoms with E-state index in [1.54, 1.807) is 24.0 Å². The van der Waals surface area contributed by atoms with Gasteiger partial charge in [-0.05, 0) is 38.0 Å². The van der Waals surface area contributed by atoms with Gasteiger partial charge in [-0.1, -0.05) is 6.07 Å². The minimum absolute atomic E-state index is 0.181. The molecule has 134 valence electrons. The van der Waals surface area contributed by atoms with Gasteiger partial charge in [0.25, 0.3) is 5.91 Å². The Kier molecular flexibility index (Phi) is 4.85. The average Bonchev–Trinajstić information content (AvgIpc) is 3.16. The van der Waals surface area contributed by atoms with Crippen LogP contribution in [0.4, 0.5) is 8.78 Å². The molecule has 7 heteroatoms. The van der Waals surface area contributed by atoms with Crippen LogP contribution in [0, 0.1) is 11.6 Å². The van der Waals surface area contributed by atoms with Gasteiger partial charge >= 0.3 is 0 Å². The van der Waals surface area contributed by atoms with Crippen molar-refractivity contribution in [1.29, 1.82) is 0 Å². The molecule has 0 bridgehead atoms. The summed E-state index contributed by atoms with van der Waals surface area (Å²) in [6, 6.07) is 3.80. The second-order valence-electron chi connectivity index (χ2n) is 6.72. The summed E-state index contributed by atoms with van der Waals surface area (Å²) in [7, 11) is 1.75. The molecule has 1 fully saturated rings. The highest BCUT2D eigenvalue weighted by Gasteiger charge is 2.38. The summed E-state index contributed by atoms with van der Waals surface area (Å²) in [6.07, 6.45) is 3.90. The molecular weight excluding hydrogens is 326 g/mol. The quantitative estimate of drug-likeness (QED) is 0.924. The van der Waals surface area contributed by atoms with Crippen molar-refractivity contribution in [3.05, 3.63) is 53.4 Å². The summed E-state index contributed by atoms with van der Waals surface area (Å²) in [5.74, 6) is -1.95. The Morgan fingerprint density at radius 3 is 2.68 bits per heavy atom. The molecule has 2 heterocycles. The van der Waals surface area contributed by atoms with Gasteiger partial charge in [0.05, 0.1) is 23.8 Å². The number of aryl methyl sites for hydroxylation is 1. The molecular formula is C18H22F2N4O. The van der Waals surface area contributed by atoms with Crippen LogP contribution in [0.5, 0.6) is 0 Å². The lowest BCUT2D eigenvalue weighted by Crippen LogP contribution is -2.41. The van der Waals surface area contributed by atoms with Crippen molar-refractivity contribution < 1.29 is 13.6 Å².